The van der Waals surface area contributed by atoms with Gasteiger partial charge in [0.05, 0.1) is 12.9 Å². The van der Waals surface area contributed by atoms with Crippen LogP contribution in [-0.4, -0.2) is 50.4 Å². The molecule has 0 spiro atoms. The van der Waals surface area contributed by atoms with E-state index in [1.807, 2.05) is 0 Å². The van der Waals surface area contributed by atoms with Gasteiger partial charge in [-0.1, -0.05) is 0 Å². The Bertz CT molecular complexity index is 238. The molecule has 0 aromatic rings. The van der Waals surface area contributed by atoms with Gasteiger partial charge in [0.1, 0.15) is 13.9 Å². The van der Waals surface area contributed by atoms with E-state index in [1.165, 1.54) is 0 Å². The Labute approximate surface area is 129 Å². The van der Waals surface area contributed by atoms with Crippen molar-refractivity contribution in [3.63, 3.8) is 0 Å². The molecule has 0 aromatic heterocycles. The fourth-order valence-corrected chi connectivity index (χ4v) is 2.51. The molecule has 0 aliphatic rings. The van der Waals surface area contributed by atoms with Gasteiger partial charge in [-0.25, -0.2) is 0 Å². The van der Waals surface area contributed by atoms with E-state index in [0.29, 0.717) is 0 Å². The molecule has 0 bridgehead atoms. The van der Waals surface area contributed by atoms with Crippen LogP contribution in [0.2, 0.25) is 0 Å². The van der Waals surface area contributed by atoms with E-state index >= 15 is 0 Å². The maximum Gasteiger partial charge on any atom is 1.00 e. The van der Waals surface area contributed by atoms with Crippen molar-refractivity contribution < 1.29 is 85.2 Å². The van der Waals surface area contributed by atoms with Crippen molar-refractivity contribution in [1.82, 2.24) is 4.90 Å². The maximum atomic E-state index is 10.5. The number of aliphatic hydroxyl groups is 1. The average Bonchev–Trinajstić information content (AvgIpc) is 1.78. The van der Waals surface area contributed by atoms with Crippen LogP contribution in [0.5, 0.6) is 0 Å². The first-order valence-electron chi connectivity index (χ1n) is 3.55. The summed E-state index contributed by atoms with van der Waals surface area (Å²) in [5.74, 6) is 0. The number of nitrogens with zero attached hydrogens (tertiary/aromatic N) is 1. The molecular formula is C4H12KNO7P2. The molecule has 0 saturated heterocycles. The molecule has 0 fully saturated rings. The van der Waals surface area contributed by atoms with Gasteiger partial charge in [-0.05, 0) is 0 Å². The van der Waals surface area contributed by atoms with Gasteiger partial charge in [-0.15, -0.1) is 0 Å². The van der Waals surface area contributed by atoms with Crippen LogP contribution in [0, 0.1) is 0 Å². The third-order valence-electron chi connectivity index (χ3n) is 1.18. The summed E-state index contributed by atoms with van der Waals surface area (Å²) in [6.07, 6.45) is -1.71. The van der Waals surface area contributed by atoms with E-state index in [4.69, 9.17) is 19.8 Å². The third-order valence-corrected chi connectivity index (χ3v) is 2.71. The minimum Gasteiger partial charge on any atom is -0.778 e. The Morgan fingerprint density at radius 2 is 1.60 bits per heavy atom. The molecule has 8 nitrogen and oxygen atoms in total. The van der Waals surface area contributed by atoms with Crippen LogP contribution in [0.3, 0.4) is 0 Å². The molecule has 0 rings (SSSR count). The Morgan fingerprint density at radius 1 is 1.13 bits per heavy atom. The zero-order valence-electron chi connectivity index (χ0n) is 8.18. The van der Waals surface area contributed by atoms with Gasteiger partial charge in [0.25, 0.3) is 0 Å². The van der Waals surface area contributed by atoms with Crippen molar-refractivity contribution >= 4 is 15.2 Å². The van der Waals surface area contributed by atoms with Crippen molar-refractivity contribution in [1.29, 1.82) is 0 Å². The molecule has 11 heteroatoms. The molecule has 1 unspecified atom stereocenters. The summed E-state index contributed by atoms with van der Waals surface area (Å²) in [7, 11) is -9.01. The van der Waals surface area contributed by atoms with Crippen molar-refractivity contribution in [2.75, 3.05) is 25.7 Å². The fraction of sp³-hybridized carbons (Fsp3) is 1.00. The second kappa shape index (κ2) is 8.05. The summed E-state index contributed by atoms with van der Waals surface area (Å²) in [4.78, 5) is 36.7. The van der Waals surface area contributed by atoms with Crippen molar-refractivity contribution in [3.8, 4) is 0 Å². The normalized spacial score (nSPS) is 15.9. The number of hydrogen-bond donors (Lipinski definition) is 4. The topological polar surface area (TPSA) is 141 Å². The monoisotopic (exact) mass is 287 g/mol. The van der Waals surface area contributed by atoms with E-state index < -0.39 is 34.4 Å². The SMILES string of the molecule is O=P([O-])(O)CN(CCO)CP(=O)(O)O.[K+]. The largest absolute Gasteiger partial charge is 1.00 e. The van der Waals surface area contributed by atoms with Crippen molar-refractivity contribution in [3.05, 3.63) is 0 Å². The molecule has 15 heavy (non-hydrogen) atoms. The Morgan fingerprint density at radius 3 is 1.87 bits per heavy atom. The van der Waals surface area contributed by atoms with E-state index in [1.54, 1.807) is 0 Å². The van der Waals surface area contributed by atoms with Gasteiger partial charge in [0.2, 0.25) is 0 Å². The smallest absolute Gasteiger partial charge is 0.778 e. The molecule has 86 valence electrons. The second-order valence-electron chi connectivity index (χ2n) is 2.70. The minimum absolute atomic E-state index is 0. The van der Waals surface area contributed by atoms with E-state index in [9.17, 15) is 14.0 Å². The molecule has 0 saturated carbocycles. The zero-order chi connectivity index (χ0) is 11.4. The van der Waals surface area contributed by atoms with E-state index in [-0.39, 0.29) is 57.9 Å². The molecule has 0 amide bonds. The van der Waals surface area contributed by atoms with E-state index in [0.717, 1.165) is 4.90 Å². The summed E-state index contributed by atoms with van der Waals surface area (Å²) in [6, 6.07) is 0. The molecule has 0 aliphatic carbocycles. The van der Waals surface area contributed by atoms with Crippen LogP contribution < -0.4 is 56.3 Å². The van der Waals surface area contributed by atoms with Gasteiger partial charge >= 0.3 is 59.0 Å². The van der Waals surface area contributed by atoms with E-state index in [2.05, 4.69) is 0 Å². The van der Waals surface area contributed by atoms with Crippen molar-refractivity contribution in [2.24, 2.45) is 0 Å². The number of rotatable bonds is 6. The standard InChI is InChI=1S/C4H13NO7P2.K/c6-2-1-5(3-13(7,8)9)4-14(10,11)12;/h6H,1-4H2,(H2,7,8,9)(H2,10,11,12);/q;+1/p-1. The molecule has 0 heterocycles. The number of hydrogen-bond acceptors (Lipinski definition) is 5. The van der Waals surface area contributed by atoms with Crippen LogP contribution in [0.15, 0.2) is 0 Å². The van der Waals surface area contributed by atoms with Crippen LogP contribution in [0.1, 0.15) is 0 Å². The minimum atomic E-state index is -4.62. The van der Waals surface area contributed by atoms with Gasteiger partial charge in [0.15, 0.2) is 0 Å². The van der Waals surface area contributed by atoms with Crippen molar-refractivity contribution in [2.45, 2.75) is 0 Å². The Kier molecular flexibility index (Phi) is 10.3. The van der Waals surface area contributed by atoms with Gasteiger partial charge in [0, 0.05) is 6.54 Å². The summed E-state index contributed by atoms with van der Waals surface area (Å²) < 4.78 is 20.9. The molecule has 0 aromatic carbocycles. The van der Waals surface area contributed by atoms with Gasteiger partial charge in [-0.2, -0.15) is 0 Å². The fourth-order valence-electron chi connectivity index (χ4n) is 0.841. The molecule has 1 atom stereocenters. The first kappa shape index (κ1) is 19.2. The first-order valence-corrected chi connectivity index (χ1v) is 7.11. The Balaban J connectivity index is 0. The summed E-state index contributed by atoms with van der Waals surface area (Å²) in [5.41, 5.74) is 0. The third kappa shape index (κ3) is 13.8. The first-order chi connectivity index (χ1) is 6.14. The Hall–Kier alpha value is 1.86. The number of aliphatic hydroxyl groups excluding tert-OH is 1. The average molecular weight is 287 g/mol. The predicted molar refractivity (Wildman–Crippen MR) is 45.4 cm³/mol. The van der Waals surface area contributed by atoms with Crippen LogP contribution in [0.25, 0.3) is 0 Å². The molecular weight excluding hydrogens is 275 g/mol. The van der Waals surface area contributed by atoms with Gasteiger partial charge < -0.3 is 29.2 Å². The maximum absolute atomic E-state index is 10.5. The van der Waals surface area contributed by atoms with Crippen LogP contribution in [0.4, 0.5) is 0 Å². The molecule has 0 radical (unpaired) electrons. The molecule has 0 aliphatic heterocycles. The van der Waals surface area contributed by atoms with Crippen LogP contribution >= 0.6 is 15.2 Å². The summed E-state index contributed by atoms with van der Waals surface area (Å²) in [6.45, 7) is -0.697. The quantitative estimate of drug-likeness (QED) is 0.281. The summed E-state index contributed by atoms with van der Waals surface area (Å²) in [5, 5.41) is 8.46. The zero-order valence-corrected chi connectivity index (χ0v) is 13.1. The second-order valence-corrected chi connectivity index (χ2v) is 5.87. The summed E-state index contributed by atoms with van der Waals surface area (Å²) >= 11 is 0. The van der Waals surface area contributed by atoms with Gasteiger partial charge in [-0.3, -0.25) is 9.46 Å². The predicted octanol–water partition coefficient (Wildman–Crippen LogP) is -5.08. The van der Waals surface area contributed by atoms with Crippen LogP contribution in [-0.2, 0) is 9.13 Å². The molecule has 4 N–H and O–H groups in total.